The molecule has 0 aliphatic rings. The Balaban J connectivity index is 2.80. The number of carbonyl (C=O) groups is 1. The van der Waals surface area contributed by atoms with E-state index in [4.69, 9.17) is 14.4 Å². The van der Waals surface area contributed by atoms with Crippen LogP contribution in [0.15, 0.2) is 29.2 Å². The number of carboxylic acid groups (broad SMARTS) is 1. The van der Waals surface area contributed by atoms with E-state index in [0.29, 0.717) is 22.7 Å². The second-order valence-electron chi connectivity index (χ2n) is 2.64. The highest BCUT2D eigenvalue weighted by Crippen LogP contribution is 2.27. The Bertz CT molecular complexity index is 326. The number of hydrogen-bond acceptors (Lipinski definition) is 4. The van der Waals surface area contributed by atoms with E-state index in [0.717, 1.165) is 0 Å². The van der Waals surface area contributed by atoms with Gasteiger partial charge in [-0.1, -0.05) is 12.1 Å². The Morgan fingerprint density at radius 3 is 2.71 bits per heavy atom. The molecule has 0 heterocycles. The molecule has 5 heteroatoms. The number of carboxylic acids is 1. The average Bonchev–Trinajstić information content (AvgIpc) is 2.18. The van der Waals surface area contributed by atoms with Crippen LogP contribution in [0, 0.1) is 0 Å². The number of rotatable bonds is 4. The maximum atomic E-state index is 10.5. The van der Waals surface area contributed by atoms with Crippen LogP contribution in [0.5, 0.6) is 5.75 Å². The van der Waals surface area contributed by atoms with Crippen molar-refractivity contribution in [2.75, 3.05) is 0 Å². The van der Waals surface area contributed by atoms with Crippen molar-refractivity contribution < 1.29 is 19.2 Å². The highest BCUT2D eigenvalue weighted by atomic mass is 32.2. The molecule has 76 valence electrons. The van der Waals surface area contributed by atoms with Gasteiger partial charge in [-0.15, -0.1) is 0 Å². The lowest BCUT2D eigenvalue weighted by molar-refractivity contribution is -0.144. The molecule has 0 aromatic heterocycles. The molecule has 14 heavy (non-hydrogen) atoms. The Hall–Kier alpha value is -1.20. The summed E-state index contributed by atoms with van der Waals surface area (Å²) in [6, 6.07) is 6.70. The van der Waals surface area contributed by atoms with Crippen molar-refractivity contribution in [3.63, 3.8) is 0 Å². The van der Waals surface area contributed by atoms with E-state index in [1.807, 2.05) is 0 Å². The second-order valence-corrected chi connectivity index (χ2v) is 3.26. The van der Waals surface area contributed by atoms with Crippen molar-refractivity contribution in [3.05, 3.63) is 24.3 Å². The highest BCUT2D eigenvalue weighted by Gasteiger charge is 2.14. The maximum absolute atomic E-state index is 10.5. The van der Waals surface area contributed by atoms with Crippen molar-refractivity contribution in [1.29, 1.82) is 0 Å². The van der Waals surface area contributed by atoms with Gasteiger partial charge in [0, 0.05) is 12.0 Å². The summed E-state index contributed by atoms with van der Waals surface area (Å²) < 4.78 is 14.0. The Morgan fingerprint density at radius 2 is 2.14 bits per heavy atom. The van der Waals surface area contributed by atoms with E-state index >= 15 is 0 Å². The molecule has 0 saturated carbocycles. The van der Waals surface area contributed by atoms with E-state index in [1.165, 1.54) is 6.92 Å². The summed E-state index contributed by atoms with van der Waals surface area (Å²) in [4.78, 5) is 11.0. The predicted molar refractivity (Wildman–Crippen MR) is 52.7 cm³/mol. The van der Waals surface area contributed by atoms with Crippen LogP contribution in [0.2, 0.25) is 0 Å². The van der Waals surface area contributed by atoms with E-state index < -0.39 is 12.1 Å². The standard InChI is InChI=1S/C9H10O4S/c1-6(9(10)11)13-7-4-2-3-5-8(7)14-12/h2-6,12H,1H3,(H,10,11). The number of benzene rings is 1. The first kappa shape index (κ1) is 10.9. The summed E-state index contributed by atoms with van der Waals surface area (Å²) in [5.41, 5.74) is 0. The fourth-order valence-electron chi connectivity index (χ4n) is 0.864. The highest BCUT2D eigenvalue weighted by molar-refractivity contribution is 7.93. The SMILES string of the molecule is CC(Oc1ccccc1SO)C(=O)O. The van der Waals surface area contributed by atoms with Gasteiger partial charge in [0.15, 0.2) is 6.10 Å². The zero-order valence-corrected chi connectivity index (χ0v) is 8.32. The van der Waals surface area contributed by atoms with Crippen LogP contribution < -0.4 is 4.74 Å². The third-order valence-corrected chi connectivity index (χ3v) is 2.13. The van der Waals surface area contributed by atoms with Gasteiger partial charge in [0.05, 0.1) is 4.90 Å². The van der Waals surface area contributed by atoms with Crippen molar-refractivity contribution in [3.8, 4) is 5.75 Å². The molecule has 0 saturated heterocycles. The van der Waals surface area contributed by atoms with Crippen molar-refractivity contribution in [2.45, 2.75) is 17.9 Å². The second kappa shape index (κ2) is 4.88. The molecule has 0 fully saturated rings. The molecule has 0 amide bonds. The summed E-state index contributed by atoms with van der Waals surface area (Å²) in [6.45, 7) is 1.43. The van der Waals surface area contributed by atoms with Crippen LogP contribution in [0.3, 0.4) is 0 Å². The summed E-state index contributed by atoms with van der Waals surface area (Å²) >= 11 is 0.531. The van der Waals surface area contributed by atoms with Crippen molar-refractivity contribution in [2.24, 2.45) is 0 Å². The number of ether oxygens (including phenoxy) is 1. The number of aliphatic carboxylic acids is 1. The van der Waals surface area contributed by atoms with Crippen LogP contribution in [-0.4, -0.2) is 21.7 Å². The quantitative estimate of drug-likeness (QED) is 0.751. The first-order chi connectivity index (χ1) is 6.65. The fraction of sp³-hybridized carbons (Fsp3) is 0.222. The summed E-state index contributed by atoms with van der Waals surface area (Å²) in [5.74, 6) is -0.669. The number of para-hydroxylation sites is 1. The Labute approximate surface area is 85.7 Å². The third kappa shape index (κ3) is 2.65. The van der Waals surface area contributed by atoms with Crippen LogP contribution in [0.25, 0.3) is 0 Å². The molecule has 1 unspecified atom stereocenters. The molecular formula is C9H10O4S. The zero-order chi connectivity index (χ0) is 10.6. The number of hydrogen-bond donors (Lipinski definition) is 2. The van der Waals surface area contributed by atoms with E-state index in [-0.39, 0.29) is 0 Å². The van der Waals surface area contributed by atoms with E-state index in [1.54, 1.807) is 24.3 Å². The molecule has 1 atom stereocenters. The minimum absolute atomic E-state index is 0.370. The monoisotopic (exact) mass is 214 g/mol. The van der Waals surface area contributed by atoms with Crippen LogP contribution in [0.1, 0.15) is 6.92 Å². The minimum atomic E-state index is -1.04. The van der Waals surface area contributed by atoms with E-state index in [2.05, 4.69) is 0 Å². The summed E-state index contributed by atoms with van der Waals surface area (Å²) in [5, 5.41) is 8.61. The molecule has 1 aromatic carbocycles. The summed E-state index contributed by atoms with van der Waals surface area (Å²) in [6.07, 6.45) is -0.928. The molecule has 2 N–H and O–H groups in total. The lowest BCUT2D eigenvalue weighted by Gasteiger charge is -2.12. The molecule has 0 aliphatic carbocycles. The molecule has 0 bridgehead atoms. The fourth-order valence-corrected chi connectivity index (χ4v) is 1.21. The van der Waals surface area contributed by atoms with Gasteiger partial charge in [0.2, 0.25) is 0 Å². The largest absolute Gasteiger partial charge is 0.479 e. The smallest absolute Gasteiger partial charge is 0.344 e. The first-order valence-electron chi connectivity index (χ1n) is 3.95. The van der Waals surface area contributed by atoms with Gasteiger partial charge in [-0.25, -0.2) is 4.79 Å². The molecule has 4 nitrogen and oxygen atoms in total. The Morgan fingerprint density at radius 1 is 1.50 bits per heavy atom. The lowest BCUT2D eigenvalue weighted by atomic mass is 10.3. The molecule has 1 rings (SSSR count). The Kier molecular flexibility index (Phi) is 3.79. The molecular weight excluding hydrogens is 204 g/mol. The third-order valence-electron chi connectivity index (χ3n) is 1.60. The normalized spacial score (nSPS) is 12.1. The van der Waals surface area contributed by atoms with Gasteiger partial charge in [-0.05, 0) is 19.1 Å². The van der Waals surface area contributed by atoms with E-state index in [9.17, 15) is 4.79 Å². The molecule has 0 spiro atoms. The maximum Gasteiger partial charge on any atom is 0.344 e. The summed E-state index contributed by atoms with van der Waals surface area (Å²) in [7, 11) is 0. The lowest BCUT2D eigenvalue weighted by Crippen LogP contribution is -2.23. The first-order valence-corrected chi connectivity index (χ1v) is 4.72. The van der Waals surface area contributed by atoms with Crippen LogP contribution in [0.4, 0.5) is 0 Å². The molecule has 1 aromatic rings. The minimum Gasteiger partial charge on any atom is -0.479 e. The topological polar surface area (TPSA) is 66.8 Å². The van der Waals surface area contributed by atoms with Gasteiger partial charge in [-0.3, -0.25) is 0 Å². The van der Waals surface area contributed by atoms with Gasteiger partial charge in [0.1, 0.15) is 5.75 Å². The van der Waals surface area contributed by atoms with Crippen molar-refractivity contribution >= 4 is 18.0 Å². The average molecular weight is 214 g/mol. The van der Waals surface area contributed by atoms with Gasteiger partial charge in [-0.2, -0.15) is 0 Å². The molecule has 0 aliphatic heterocycles. The molecule has 0 radical (unpaired) electrons. The van der Waals surface area contributed by atoms with Gasteiger partial charge < -0.3 is 14.4 Å². The predicted octanol–water partition coefficient (Wildman–Crippen LogP) is 2.10. The van der Waals surface area contributed by atoms with Gasteiger partial charge in [0.25, 0.3) is 0 Å². The van der Waals surface area contributed by atoms with Gasteiger partial charge >= 0.3 is 5.97 Å². The zero-order valence-electron chi connectivity index (χ0n) is 7.51. The van der Waals surface area contributed by atoms with Crippen LogP contribution >= 0.6 is 12.0 Å². The van der Waals surface area contributed by atoms with Crippen molar-refractivity contribution in [1.82, 2.24) is 0 Å². The van der Waals surface area contributed by atoms with Crippen LogP contribution in [-0.2, 0) is 4.79 Å².